The molecule has 1 unspecified atom stereocenters. The predicted molar refractivity (Wildman–Crippen MR) is 116 cm³/mol. The summed E-state index contributed by atoms with van der Waals surface area (Å²) in [4.78, 5) is 24.4. The maximum absolute atomic E-state index is 12.2. The van der Waals surface area contributed by atoms with Crippen LogP contribution in [0.15, 0.2) is 42.5 Å². The van der Waals surface area contributed by atoms with Crippen molar-refractivity contribution in [3.05, 3.63) is 64.7 Å². The average molecular weight is 397 g/mol. The lowest BCUT2D eigenvalue weighted by Crippen LogP contribution is -2.41. The molecule has 2 aromatic rings. The lowest BCUT2D eigenvalue weighted by Gasteiger charge is -2.15. The topological polar surface area (TPSA) is 67.4 Å². The second-order valence-corrected chi connectivity index (χ2v) is 7.88. The minimum absolute atomic E-state index is 0.0206. The molecule has 0 fully saturated rings. The van der Waals surface area contributed by atoms with Crippen molar-refractivity contribution in [2.45, 2.75) is 59.6 Å². The largest absolute Gasteiger partial charge is 0.491 e. The SMILES string of the molecule is Cc1cc(C)cc(C(=O)NCC(=O)NC(C)CCc2ccc(OC(C)C)cc2)c1. The van der Waals surface area contributed by atoms with Crippen molar-refractivity contribution in [2.24, 2.45) is 0 Å². The Morgan fingerprint density at radius 3 is 2.17 bits per heavy atom. The van der Waals surface area contributed by atoms with E-state index in [-0.39, 0.29) is 30.5 Å². The first-order valence-corrected chi connectivity index (χ1v) is 10.1. The van der Waals surface area contributed by atoms with E-state index in [1.165, 1.54) is 5.56 Å². The molecule has 156 valence electrons. The zero-order valence-corrected chi connectivity index (χ0v) is 18.0. The van der Waals surface area contributed by atoms with Gasteiger partial charge in [-0.3, -0.25) is 9.59 Å². The Bertz CT molecular complexity index is 808. The molecule has 5 heteroatoms. The highest BCUT2D eigenvalue weighted by molar-refractivity contribution is 5.96. The van der Waals surface area contributed by atoms with E-state index >= 15 is 0 Å². The van der Waals surface area contributed by atoms with Crippen molar-refractivity contribution in [1.82, 2.24) is 10.6 Å². The van der Waals surface area contributed by atoms with Gasteiger partial charge >= 0.3 is 0 Å². The van der Waals surface area contributed by atoms with Crippen LogP contribution in [0.2, 0.25) is 0 Å². The van der Waals surface area contributed by atoms with Gasteiger partial charge in [0.25, 0.3) is 5.91 Å². The molecule has 0 bridgehead atoms. The van der Waals surface area contributed by atoms with Crippen LogP contribution in [0.25, 0.3) is 0 Å². The van der Waals surface area contributed by atoms with Crippen LogP contribution in [0.1, 0.15) is 54.2 Å². The highest BCUT2D eigenvalue weighted by Crippen LogP contribution is 2.15. The Balaban J connectivity index is 1.73. The van der Waals surface area contributed by atoms with Gasteiger partial charge in [0.1, 0.15) is 5.75 Å². The predicted octanol–water partition coefficient (Wildman–Crippen LogP) is 3.96. The van der Waals surface area contributed by atoms with Crippen molar-refractivity contribution in [3.63, 3.8) is 0 Å². The van der Waals surface area contributed by atoms with Crippen molar-refractivity contribution >= 4 is 11.8 Å². The Hall–Kier alpha value is -2.82. The third-order valence-corrected chi connectivity index (χ3v) is 4.46. The van der Waals surface area contributed by atoms with Gasteiger partial charge in [0.2, 0.25) is 5.91 Å². The van der Waals surface area contributed by atoms with Crippen LogP contribution >= 0.6 is 0 Å². The molecule has 0 heterocycles. The van der Waals surface area contributed by atoms with Crippen LogP contribution in [-0.4, -0.2) is 30.5 Å². The molecule has 0 saturated heterocycles. The first-order chi connectivity index (χ1) is 13.7. The smallest absolute Gasteiger partial charge is 0.251 e. The zero-order chi connectivity index (χ0) is 21.4. The van der Waals surface area contributed by atoms with E-state index in [1.54, 1.807) is 0 Å². The number of nitrogens with one attached hydrogen (secondary N) is 2. The molecule has 2 N–H and O–H groups in total. The van der Waals surface area contributed by atoms with Crippen LogP contribution in [0.4, 0.5) is 0 Å². The molecule has 0 saturated carbocycles. The summed E-state index contributed by atoms with van der Waals surface area (Å²) in [5.74, 6) is 0.448. The molecule has 0 radical (unpaired) electrons. The van der Waals surface area contributed by atoms with E-state index < -0.39 is 0 Å². The van der Waals surface area contributed by atoms with Crippen LogP contribution < -0.4 is 15.4 Å². The molecule has 0 spiro atoms. The fourth-order valence-corrected chi connectivity index (χ4v) is 3.16. The van der Waals surface area contributed by atoms with Gasteiger partial charge in [-0.1, -0.05) is 29.3 Å². The summed E-state index contributed by atoms with van der Waals surface area (Å²) in [6.07, 6.45) is 1.84. The van der Waals surface area contributed by atoms with Gasteiger partial charge in [-0.05, 0) is 77.3 Å². The quantitative estimate of drug-likeness (QED) is 0.674. The average Bonchev–Trinajstić information content (AvgIpc) is 2.64. The number of aryl methyl sites for hydroxylation is 3. The Morgan fingerprint density at radius 2 is 1.59 bits per heavy atom. The first kappa shape index (κ1) is 22.5. The first-order valence-electron chi connectivity index (χ1n) is 10.1. The van der Waals surface area contributed by atoms with Gasteiger partial charge in [0, 0.05) is 11.6 Å². The summed E-state index contributed by atoms with van der Waals surface area (Å²) in [6.45, 7) is 9.84. The van der Waals surface area contributed by atoms with E-state index in [1.807, 2.05) is 65.0 Å². The van der Waals surface area contributed by atoms with E-state index in [0.717, 1.165) is 29.7 Å². The second kappa shape index (κ2) is 10.6. The Kier molecular flexibility index (Phi) is 8.25. The number of amides is 2. The van der Waals surface area contributed by atoms with Crippen LogP contribution in [0.3, 0.4) is 0 Å². The van der Waals surface area contributed by atoms with Crippen molar-refractivity contribution in [3.8, 4) is 5.75 Å². The van der Waals surface area contributed by atoms with Crippen LogP contribution in [0.5, 0.6) is 5.75 Å². The van der Waals surface area contributed by atoms with E-state index in [0.29, 0.717) is 5.56 Å². The number of carbonyl (C=O) groups excluding carboxylic acids is 2. The van der Waals surface area contributed by atoms with Gasteiger partial charge in [-0.15, -0.1) is 0 Å². The highest BCUT2D eigenvalue weighted by Gasteiger charge is 2.11. The number of benzene rings is 2. The number of hydrogen-bond donors (Lipinski definition) is 2. The molecular formula is C24H32N2O3. The third kappa shape index (κ3) is 7.98. The van der Waals surface area contributed by atoms with E-state index in [4.69, 9.17) is 4.74 Å². The molecule has 5 nitrogen and oxygen atoms in total. The van der Waals surface area contributed by atoms with Gasteiger partial charge < -0.3 is 15.4 Å². The van der Waals surface area contributed by atoms with Crippen molar-refractivity contribution < 1.29 is 14.3 Å². The minimum atomic E-state index is -0.233. The van der Waals surface area contributed by atoms with Crippen molar-refractivity contribution in [2.75, 3.05) is 6.54 Å². The molecule has 2 aromatic carbocycles. The fourth-order valence-electron chi connectivity index (χ4n) is 3.16. The number of ether oxygens (including phenoxy) is 1. The number of hydrogen-bond acceptors (Lipinski definition) is 3. The van der Waals surface area contributed by atoms with E-state index in [9.17, 15) is 9.59 Å². The Morgan fingerprint density at radius 1 is 0.966 bits per heavy atom. The number of carbonyl (C=O) groups is 2. The number of rotatable bonds is 9. The monoisotopic (exact) mass is 396 g/mol. The van der Waals surface area contributed by atoms with Gasteiger partial charge in [0.15, 0.2) is 0 Å². The molecule has 2 rings (SSSR count). The standard InChI is InChI=1S/C24H32N2O3/c1-16(2)29-22-10-8-20(9-11-22)7-6-19(5)26-23(27)15-25-24(28)21-13-17(3)12-18(4)14-21/h8-14,16,19H,6-7,15H2,1-5H3,(H,25,28)(H,26,27). The molecule has 0 aliphatic rings. The second-order valence-electron chi connectivity index (χ2n) is 7.88. The molecule has 29 heavy (non-hydrogen) atoms. The maximum atomic E-state index is 12.2. The molecule has 2 amide bonds. The lowest BCUT2D eigenvalue weighted by molar-refractivity contribution is -0.120. The normalized spacial score (nSPS) is 11.8. The maximum Gasteiger partial charge on any atom is 0.251 e. The van der Waals surface area contributed by atoms with Crippen molar-refractivity contribution in [1.29, 1.82) is 0 Å². The third-order valence-electron chi connectivity index (χ3n) is 4.46. The lowest BCUT2D eigenvalue weighted by atomic mass is 10.1. The summed E-state index contributed by atoms with van der Waals surface area (Å²) in [7, 11) is 0. The van der Waals surface area contributed by atoms with Gasteiger partial charge in [0.05, 0.1) is 12.6 Å². The summed E-state index contributed by atoms with van der Waals surface area (Å²) in [5.41, 5.74) is 3.83. The van der Waals surface area contributed by atoms with Crippen LogP contribution in [-0.2, 0) is 11.2 Å². The van der Waals surface area contributed by atoms with E-state index in [2.05, 4.69) is 22.8 Å². The molecular weight excluding hydrogens is 364 g/mol. The summed E-state index contributed by atoms with van der Waals surface area (Å²) >= 11 is 0. The Labute approximate surface area is 173 Å². The van der Waals surface area contributed by atoms with Gasteiger partial charge in [-0.25, -0.2) is 0 Å². The molecule has 0 aromatic heterocycles. The highest BCUT2D eigenvalue weighted by atomic mass is 16.5. The summed E-state index contributed by atoms with van der Waals surface area (Å²) < 4.78 is 5.65. The molecule has 0 aliphatic heterocycles. The zero-order valence-electron chi connectivity index (χ0n) is 18.0. The fraction of sp³-hybridized carbons (Fsp3) is 0.417. The molecule has 1 atom stereocenters. The van der Waals surface area contributed by atoms with Crippen LogP contribution in [0, 0.1) is 13.8 Å². The minimum Gasteiger partial charge on any atom is -0.491 e. The molecule has 0 aliphatic carbocycles. The summed E-state index contributed by atoms with van der Waals surface area (Å²) in [5, 5.41) is 5.63. The summed E-state index contributed by atoms with van der Waals surface area (Å²) in [6, 6.07) is 13.7. The van der Waals surface area contributed by atoms with Gasteiger partial charge in [-0.2, -0.15) is 0 Å².